The summed E-state index contributed by atoms with van der Waals surface area (Å²) in [5.41, 5.74) is 5.52. The number of fused-ring (bicyclic) bond motifs is 1. The third-order valence-electron chi connectivity index (χ3n) is 2.90. The summed E-state index contributed by atoms with van der Waals surface area (Å²) in [4.78, 5) is 4.10. The normalized spacial score (nSPS) is 14.9. The van der Waals surface area contributed by atoms with E-state index in [-0.39, 0.29) is 0 Å². The monoisotopic (exact) mass is 216 g/mol. The van der Waals surface area contributed by atoms with Crippen LogP contribution in [0.4, 0.5) is 0 Å². The maximum absolute atomic E-state index is 10.4. The molecule has 0 radical (unpaired) electrons. The van der Waals surface area contributed by atoms with Crippen LogP contribution in [0.15, 0.2) is 36.7 Å². The zero-order valence-corrected chi connectivity index (χ0v) is 9.35. The fourth-order valence-corrected chi connectivity index (χ4v) is 2.00. The highest BCUT2D eigenvalue weighted by Gasteiger charge is 2.23. The van der Waals surface area contributed by atoms with Gasteiger partial charge in [-0.3, -0.25) is 4.98 Å². The number of pyridine rings is 1. The fraction of sp³-hybridized carbons (Fsp3) is 0.308. The Morgan fingerprint density at radius 1 is 1.38 bits per heavy atom. The minimum atomic E-state index is -0.892. The van der Waals surface area contributed by atoms with E-state index in [2.05, 4.69) is 4.98 Å². The average Bonchev–Trinajstić information content (AvgIpc) is 2.28. The lowest BCUT2D eigenvalue weighted by Gasteiger charge is -2.24. The van der Waals surface area contributed by atoms with E-state index in [9.17, 15) is 5.11 Å². The van der Waals surface area contributed by atoms with Crippen LogP contribution in [0.2, 0.25) is 0 Å². The van der Waals surface area contributed by atoms with Gasteiger partial charge in [-0.15, -0.1) is 0 Å². The van der Waals surface area contributed by atoms with Gasteiger partial charge < -0.3 is 10.8 Å². The number of aromatic nitrogens is 1. The van der Waals surface area contributed by atoms with Gasteiger partial charge in [-0.25, -0.2) is 0 Å². The average molecular weight is 216 g/mol. The molecule has 0 fully saturated rings. The van der Waals surface area contributed by atoms with E-state index >= 15 is 0 Å². The number of benzene rings is 1. The van der Waals surface area contributed by atoms with Crippen molar-refractivity contribution in [3.05, 3.63) is 42.2 Å². The summed E-state index contributed by atoms with van der Waals surface area (Å²) in [6.07, 6.45) is 4.08. The molecular formula is C13H16N2O. The second kappa shape index (κ2) is 4.20. The van der Waals surface area contributed by atoms with E-state index in [1.807, 2.05) is 24.3 Å². The summed E-state index contributed by atoms with van der Waals surface area (Å²) < 4.78 is 0. The van der Waals surface area contributed by atoms with Crippen LogP contribution < -0.4 is 5.73 Å². The molecule has 1 aromatic carbocycles. The van der Waals surface area contributed by atoms with Gasteiger partial charge in [0.25, 0.3) is 0 Å². The molecule has 2 rings (SSSR count). The molecule has 0 aliphatic rings. The molecule has 3 N–H and O–H groups in total. The van der Waals surface area contributed by atoms with Gasteiger partial charge in [-0.05, 0) is 36.9 Å². The molecule has 16 heavy (non-hydrogen) atoms. The molecule has 0 aliphatic heterocycles. The largest absolute Gasteiger partial charge is 0.385 e. The highest BCUT2D eigenvalue weighted by molar-refractivity contribution is 5.85. The zero-order valence-electron chi connectivity index (χ0n) is 9.35. The Morgan fingerprint density at radius 2 is 2.19 bits per heavy atom. The van der Waals surface area contributed by atoms with Crippen molar-refractivity contribution in [2.75, 3.05) is 6.54 Å². The molecule has 0 spiro atoms. The van der Waals surface area contributed by atoms with Crippen LogP contribution in [-0.4, -0.2) is 16.6 Å². The van der Waals surface area contributed by atoms with Gasteiger partial charge in [0.2, 0.25) is 0 Å². The van der Waals surface area contributed by atoms with Crippen LogP contribution in [0.5, 0.6) is 0 Å². The predicted octanol–water partition coefficient (Wildman–Crippen LogP) is 1.79. The number of hydrogen-bond donors (Lipinski definition) is 2. The molecule has 1 heterocycles. The van der Waals surface area contributed by atoms with Crippen LogP contribution in [0.25, 0.3) is 10.8 Å². The molecule has 3 nitrogen and oxygen atoms in total. The SMILES string of the molecule is CC(O)(CCN)c1cccc2ccncc12. The first-order chi connectivity index (χ1) is 7.65. The number of hydrogen-bond acceptors (Lipinski definition) is 3. The van der Waals surface area contributed by atoms with E-state index in [0.717, 1.165) is 16.3 Å². The van der Waals surface area contributed by atoms with Crippen molar-refractivity contribution in [3.8, 4) is 0 Å². The van der Waals surface area contributed by atoms with Crippen molar-refractivity contribution >= 4 is 10.8 Å². The second-order valence-corrected chi connectivity index (χ2v) is 4.21. The number of rotatable bonds is 3. The molecule has 0 saturated carbocycles. The summed E-state index contributed by atoms with van der Waals surface area (Å²) in [6.45, 7) is 2.26. The highest BCUT2D eigenvalue weighted by Crippen LogP contribution is 2.30. The van der Waals surface area contributed by atoms with Gasteiger partial charge in [0, 0.05) is 17.8 Å². The highest BCUT2D eigenvalue weighted by atomic mass is 16.3. The van der Waals surface area contributed by atoms with Gasteiger partial charge in [0.1, 0.15) is 0 Å². The molecule has 2 aromatic rings. The third kappa shape index (κ3) is 1.92. The van der Waals surface area contributed by atoms with Gasteiger partial charge in [0.05, 0.1) is 5.60 Å². The maximum Gasteiger partial charge on any atom is 0.0887 e. The second-order valence-electron chi connectivity index (χ2n) is 4.21. The summed E-state index contributed by atoms with van der Waals surface area (Å²) >= 11 is 0. The Kier molecular flexibility index (Phi) is 2.90. The van der Waals surface area contributed by atoms with Crippen molar-refractivity contribution in [1.82, 2.24) is 4.98 Å². The Labute approximate surface area is 94.9 Å². The molecule has 1 unspecified atom stereocenters. The van der Waals surface area contributed by atoms with Crippen LogP contribution in [0, 0.1) is 0 Å². The molecule has 0 aliphatic carbocycles. The van der Waals surface area contributed by atoms with Gasteiger partial charge in [-0.2, -0.15) is 0 Å². The molecule has 0 saturated heterocycles. The molecule has 3 heteroatoms. The quantitative estimate of drug-likeness (QED) is 0.822. The smallest absolute Gasteiger partial charge is 0.0887 e. The van der Waals surface area contributed by atoms with E-state index in [4.69, 9.17) is 5.73 Å². The molecule has 1 aromatic heterocycles. The Balaban J connectivity index is 2.60. The van der Waals surface area contributed by atoms with Gasteiger partial charge >= 0.3 is 0 Å². The topological polar surface area (TPSA) is 59.1 Å². The van der Waals surface area contributed by atoms with Crippen molar-refractivity contribution < 1.29 is 5.11 Å². The van der Waals surface area contributed by atoms with Crippen LogP contribution in [0.1, 0.15) is 18.9 Å². The van der Waals surface area contributed by atoms with E-state index in [1.54, 1.807) is 19.3 Å². The zero-order chi connectivity index (χ0) is 11.6. The Morgan fingerprint density at radius 3 is 2.94 bits per heavy atom. The Hall–Kier alpha value is -1.45. The van der Waals surface area contributed by atoms with Crippen LogP contribution in [-0.2, 0) is 5.60 Å². The lowest BCUT2D eigenvalue weighted by Crippen LogP contribution is -2.25. The number of nitrogens with zero attached hydrogens (tertiary/aromatic N) is 1. The minimum Gasteiger partial charge on any atom is -0.385 e. The number of aliphatic hydroxyl groups is 1. The van der Waals surface area contributed by atoms with Crippen LogP contribution in [0.3, 0.4) is 0 Å². The number of nitrogens with two attached hydrogens (primary N) is 1. The standard InChI is InChI=1S/C13H16N2O/c1-13(16,6-7-14)12-4-2-3-10-5-8-15-9-11(10)12/h2-5,8-9,16H,6-7,14H2,1H3. The van der Waals surface area contributed by atoms with Crippen LogP contribution >= 0.6 is 0 Å². The summed E-state index contributed by atoms with van der Waals surface area (Å²) in [5, 5.41) is 12.5. The first-order valence-corrected chi connectivity index (χ1v) is 5.41. The summed E-state index contributed by atoms with van der Waals surface area (Å²) in [7, 11) is 0. The van der Waals surface area contributed by atoms with E-state index in [0.29, 0.717) is 13.0 Å². The van der Waals surface area contributed by atoms with Gasteiger partial charge in [-0.1, -0.05) is 18.2 Å². The van der Waals surface area contributed by atoms with Crippen molar-refractivity contribution in [2.45, 2.75) is 18.9 Å². The first kappa shape index (κ1) is 11.0. The van der Waals surface area contributed by atoms with Crippen molar-refractivity contribution in [2.24, 2.45) is 5.73 Å². The molecule has 0 amide bonds. The Bertz CT molecular complexity index is 489. The van der Waals surface area contributed by atoms with Crippen molar-refractivity contribution in [3.63, 3.8) is 0 Å². The van der Waals surface area contributed by atoms with Crippen molar-refractivity contribution in [1.29, 1.82) is 0 Å². The lowest BCUT2D eigenvalue weighted by atomic mass is 9.89. The molecule has 0 bridgehead atoms. The first-order valence-electron chi connectivity index (χ1n) is 5.41. The molecule has 84 valence electrons. The van der Waals surface area contributed by atoms with Gasteiger partial charge in [0.15, 0.2) is 0 Å². The summed E-state index contributed by atoms with van der Waals surface area (Å²) in [6, 6.07) is 7.83. The summed E-state index contributed by atoms with van der Waals surface area (Å²) in [5.74, 6) is 0. The predicted molar refractivity (Wildman–Crippen MR) is 65.0 cm³/mol. The van der Waals surface area contributed by atoms with E-state index < -0.39 is 5.60 Å². The lowest BCUT2D eigenvalue weighted by molar-refractivity contribution is 0.0519. The third-order valence-corrected chi connectivity index (χ3v) is 2.90. The fourth-order valence-electron chi connectivity index (χ4n) is 2.00. The minimum absolute atomic E-state index is 0.462. The van der Waals surface area contributed by atoms with E-state index in [1.165, 1.54) is 0 Å². The maximum atomic E-state index is 10.4. The molecule has 1 atom stereocenters. The molecular weight excluding hydrogens is 200 g/mol.